The number of hydrogen-bond acceptors (Lipinski definition) is 3. The first-order valence-electron chi connectivity index (χ1n) is 11.9. The van der Waals surface area contributed by atoms with Crippen molar-refractivity contribution in [2.75, 3.05) is 0 Å². The molecule has 2 atom stereocenters. The van der Waals surface area contributed by atoms with Gasteiger partial charge in [0.05, 0.1) is 0 Å². The van der Waals surface area contributed by atoms with Crippen molar-refractivity contribution in [3.63, 3.8) is 0 Å². The number of hydrogen-bond donors (Lipinski definition) is 1. The van der Waals surface area contributed by atoms with E-state index in [0.717, 1.165) is 22.3 Å². The van der Waals surface area contributed by atoms with Crippen LogP contribution in [0.3, 0.4) is 0 Å². The van der Waals surface area contributed by atoms with Crippen molar-refractivity contribution in [1.29, 1.82) is 0 Å². The Labute approximate surface area is 207 Å². The molecule has 0 amide bonds. The quantitative estimate of drug-likeness (QED) is 0.270. The second kappa shape index (κ2) is 10.6. The van der Waals surface area contributed by atoms with Crippen LogP contribution < -0.4 is 0 Å². The largest absolute Gasteiger partial charge is 0.377 e. The van der Waals surface area contributed by atoms with Crippen LogP contribution in [0.5, 0.6) is 0 Å². The van der Waals surface area contributed by atoms with E-state index < -0.39 is 5.60 Å². The zero-order valence-electron chi connectivity index (χ0n) is 20.1. The molecule has 0 spiro atoms. The van der Waals surface area contributed by atoms with Gasteiger partial charge >= 0.3 is 0 Å². The molecule has 0 unspecified atom stereocenters. The predicted molar refractivity (Wildman–Crippen MR) is 141 cm³/mol. The number of ketones is 2. The number of rotatable bonds is 9. The first kappa shape index (κ1) is 24.3. The highest BCUT2D eigenvalue weighted by atomic mass is 16.3. The molecule has 4 rings (SSSR count). The van der Waals surface area contributed by atoms with Crippen LogP contribution in [0.1, 0.15) is 42.6 Å². The second-order valence-corrected chi connectivity index (χ2v) is 9.24. The van der Waals surface area contributed by atoms with Crippen LogP contribution >= 0.6 is 0 Å². The minimum Gasteiger partial charge on any atom is -0.377 e. The summed E-state index contributed by atoms with van der Waals surface area (Å²) in [5.74, 6) is -0.502. The van der Waals surface area contributed by atoms with Gasteiger partial charge in [-0.1, -0.05) is 116 Å². The van der Waals surface area contributed by atoms with Crippen LogP contribution in [-0.4, -0.2) is 16.7 Å². The van der Waals surface area contributed by atoms with Crippen molar-refractivity contribution >= 4 is 11.6 Å². The van der Waals surface area contributed by atoms with Gasteiger partial charge in [-0.15, -0.1) is 0 Å². The fraction of sp³-hybridized carbons (Fsp3) is 0.188. The maximum atomic E-state index is 12.9. The summed E-state index contributed by atoms with van der Waals surface area (Å²) < 4.78 is 0. The van der Waals surface area contributed by atoms with Crippen molar-refractivity contribution in [3.8, 4) is 22.3 Å². The molecule has 0 saturated carbocycles. The van der Waals surface area contributed by atoms with Gasteiger partial charge in [-0.2, -0.15) is 0 Å². The lowest BCUT2D eigenvalue weighted by atomic mass is 9.80. The molecule has 0 aromatic heterocycles. The third kappa shape index (κ3) is 5.64. The van der Waals surface area contributed by atoms with Crippen molar-refractivity contribution in [2.24, 2.45) is 5.92 Å². The maximum Gasteiger partial charge on any atom is 0.165 e. The monoisotopic (exact) mass is 462 g/mol. The van der Waals surface area contributed by atoms with Gasteiger partial charge in [0, 0.05) is 12.0 Å². The van der Waals surface area contributed by atoms with E-state index in [-0.39, 0.29) is 30.3 Å². The van der Waals surface area contributed by atoms with Crippen molar-refractivity contribution in [2.45, 2.75) is 32.3 Å². The third-order valence-corrected chi connectivity index (χ3v) is 6.54. The molecule has 1 N–H and O–H groups in total. The highest BCUT2D eigenvalue weighted by Crippen LogP contribution is 2.33. The van der Waals surface area contributed by atoms with Crippen LogP contribution in [0.15, 0.2) is 109 Å². The first-order chi connectivity index (χ1) is 16.9. The van der Waals surface area contributed by atoms with E-state index in [9.17, 15) is 14.7 Å². The molecule has 0 aliphatic heterocycles. The Morgan fingerprint density at radius 1 is 0.686 bits per heavy atom. The van der Waals surface area contributed by atoms with E-state index in [0.29, 0.717) is 11.1 Å². The lowest BCUT2D eigenvalue weighted by Crippen LogP contribution is -2.36. The average Bonchev–Trinajstić information content (AvgIpc) is 2.89. The van der Waals surface area contributed by atoms with Gasteiger partial charge in [-0.3, -0.25) is 9.59 Å². The van der Waals surface area contributed by atoms with Gasteiger partial charge in [0.25, 0.3) is 0 Å². The predicted octanol–water partition coefficient (Wildman–Crippen LogP) is 7.10. The van der Waals surface area contributed by atoms with Crippen molar-refractivity contribution < 1.29 is 14.7 Å². The summed E-state index contributed by atoms with van der Waals surface area (Å²) in [5, 5.41) is 11.4. The molecule has 4 aromatic carbocycles. The fourth-order valence-electron chi connectivity index (χ4n) is 4.52. The molecule has 0 aliphatic carbocycles. The molecule has 0 saturated heterocycles. The van der Waals surface area contributed by atoms with Crippen molar-refractivity contribution in [1.82, 2.24) is 0 Å². The Kier molecular flexibility index (Phi) is 7.38. The molecule has 35 heavy (non-hydrogen) atoms. The van der Waals surface area contributed by atoms with Crippen LogP contribution in [0.2, 0.25) is 0 Å². The lowest BCUT2D eigenvalue weighted by molar-refractivity contribution is -0.138. The summed E-state index contributed by atoms with van der Waals surface area (Å²) in [6.07, 6.45) is 0.434. The Morgan fingerprint density at radius 3 is 1.57 bits per heavy atom. The second-order valence-electron chi connectivity index (χ2n) is 9.24. The number of aliphatic hydroxyl groups is 1. The molecule has 176 valence electrons. The van der Waals surface area contributed by atoms with E-state index in [1.54, 1.807) is 12.1 Å². The van der Waals surface area contributed by atoms with Gasteiger partial charge in [0.15, 0.2) is 11.6 Å². The molecular weight excluding hydrogens is 432 g/mol. The SMILES string of the molecule is CC(=O)[C@](O)(C[C@H](C)CC(=O)c1ccc(-c2ccccc2)cc1)c1ccc(-c2ccccc2)cc1. The molecule has 3 nitrogen and oxygen atoms in total. The number of Topliss-reactive ketones (excluding diaryl/α,β-unsaturated/α-hetero) is 2. The summed E-state index contributed by atoms with van der Waals surface area (Å²) >= 11 is 0. The normalized spacial score (nSPS) is 13.6. The van der Waals surface area contributed by atoms with Crippen LogP contribution in [0, 0.1) is 5.92 Å². The minimum absolute atomic E-state index is 0.00226. The van der Waals surface area contributed by atoms with Gasteiger partial charge < -0.3 is 5.11 Å². The van der Waals surface area contributed by atoms with Gasteiger partial charge in [-0.05, 0) is 47.1 Å². The third-order valence-electron chi connectivity index (χ3n) is 6.54. The average molecular weight is 463 g/mol. The zero-order valence-corrected chi connectivity index (χ0v) is 20.1. The van der Waals surface area contributed by atoms with Gasteiger partial charge in [-0.25, -0.2) is 0 Å². The lowest BCUT2D eigenvalue weighted by Gasteiger charge is -2.29. The summed E-state index contributed by atoms with van der Waals surface area (Å²) in [6.45, 7) is 3.31. The molecule has 0 fully saturated rings. The van der Waals surface area contributed by atoms with Crippen LogP contribution in [0.4, 0.5) is 0 Å². The molecular formula is C32H30O3. The zero-order chi connectivity index (χ0) is 24.8. The molecule has 0 aliphatic rings. The van der Waals surface area contributed by atoms with Gasteiger partial charge in [0.1, 0.15) is 5.60 Å². The standard InChI is InChI=1S/C32H30O3/c1-23(21-31(34)29-15-13-27(14-16-29)25-9-5-3-6-10-25)22-32(35,24(2)33)30-19-17-28(18-20-30)26-11-7-4-8-12-26/h3-20,23,35H,21-22H2,1-2H3/t23-,32-/m1/s1. The van der Waals surface area contributed by atoms with Gasteiger partial charge in [0.2, 0.25) is 0 Å². The van der Waals surface area contributed by atoms with Crippen LogP contribution in [0.25, 0.3) is 22.3 Å². The van der Waals surface area contributed by atoms with E-state index in [1.165, 1.54) is 6.92 Å². The highest BCUT2D eigenvalue weighted by Gasteiger charge is 2.36. The van der Waals surface area contributed by atoms with E-state index >= 15 is 0 Å². The molecule has 3 heteroatoms. The summed E-state index contributed by atoms with van der Waals surface area (Å²) in [5.41, 5.74) is 3.80. The number of carbonyl (C=O) groups excluding carboxylic acids is 2. The Bertz CT molecular complexity index is 1280. The Hall–Kier alpha value is -3.82. The summed E-state index contributed by atoms with van der Waals surface area (Å²) in [6, 6.07) is 35.0. The molecule has 0 bridgehead atoms. The van der Waals surface area contributed by atoms with Crippen LogP contribution in [-0.2, 0) is 10.4 Å². The molecule has 0 heterocycles. The van der Waals surface area contributed by atoms with E-state index in [1.807, 2.05) is 104 Å². The maximum absolute atomic E-state index is 12.9. The topological polar surface area (TPSA) is 54.4 Å². The van der Waals surface area contributed by atoms with Crippen molar-refractivity contribution in [3.05, 3.63) is 120 Å². The summed E-state index contributed by atoms with van der Waals surface area (Å²) in [7, 11) is 0. The molecule has 4 aromatic rings. The molecule has 0 radical (unpaired) electrons. The Morgan fingerprint density at radius 2 is 1.11 bits per heavy atom. The Balaban J connectivity index is 1.45. The summed E-state index contributed by atoms with van der Waals surface area (Å²) in [4.78, 5) is 25.5. The smallest absolute Gasteiger partial charge is 0.165 e. The fourth-order valence-corrected chi connectivity index (χ4v) is 4.52. The van der Waals surface area contributed by atoms with E-state index in [4.69, 9.17) is 0 Å². The number of benzene rings is 4. The first-order valence-corrected chi connectivity index (χ1v) is 11.9. The van der Waals surface area contributed by atoms with E-state index in [2.05, 4.69) is 0 Å². The highest BCUT2D eigenvalue weighted by molar-refractivity contribution is 5.96. The number of carbonyl (C=O) groups is 2. The minimum atomic E-state index is -1.63.